The molecule has 13 heavy (non-hydrogen) atoms. The standard InChI is InChI=1S/C7H10N6/c1-6-8-10-11-13(6)5-7-3-4-12(2)9-7/h3-4H,5H2,1-2H3. The summed E-state index contributed by atoms with van der Waals surface area (Å²) in [5.41, 5.74) is 0.956. The van der Waals surface area contributed by atoms with Crippen LogP contribution >= 0.6 is 0 Å². The molecule has 0 aliphatic rings. The molecular weight excluding hydrogens is 168 g/mol. The second-order valence-corrected chi connectivity index (χ2v) is 2.86. The van der Waals surface area contributed by atoms with Crippen molar-refractivity contribution in [3.8, 4) is 0 Å². The highest BCUT2D eigenvalue weighted by Crippen LogP contribution is 1.98. The second-order valence-electron chi connectivity index (χ2n) is 2.86. The van der Waals surface area contributed by atoms with Crippen LogP contribution in [0.2, 0.25) is 0 Å². The molecule has 6 nitrogen and oxygen atoms in total. The molecule has 68 valence electrons. The van der Waals surface area contributed by atoms with Gasteiger partial charge in [0.2, 0.25) is 0 Å². The van der Waals surface area contributed by atoms with E-state index in [0.29, 0.717) is 6.54 Å². The predicted octanol–water partition coefficient (Wildman–Crippen LogP) is -0.237. The van der Waals surface area contributed by atoms with E-state index in [4.69, 9.17) is 0 Å². The maximum atomic E-state index is 4.23. The summed E-state index contributed by atoms with van der Waals surface area (Å²) in [6.45, 7) is 2.49. The van der Waals surface area contributed by atoms with Gasteiger partial charge in [0.25, 0.3) is 0 Å². The van der Waals surface area contributed by atoms with E-state index in [1.807, 2.05) is 26.2 Å². The van der Waals surface area contributed by atoms with E-state index < -0.39 is 0 Å². The fourth-order valence-electron chi connectivity index (χ4n) is 1.10. The first-order chi connectivity index (χ1) is 6.25. The van der Waals surface area contributed by atoms with E-state index >= 15 is 0 Å². The summed E-state index contributed by atoms with van der Waals surface area (Å²) in [5, 5.41) is 15.4. The van der Waals surface area contributed by atoms with Gasteiger partial charge in [-0.3, -0.25) is 4.68 Å². The van der Waals surface area contributed by atoms with Crippen LogP contribution in [0, 0.1) is 6.92 Å². The maximum absolute atomic E-state index is 4.23. The molecule has 0 saturated heterocycles. The predicted molar refractivity (Wildman–Crippen MR) is 44.9 cm³/mol. The molecule has 0 aliphatic carbocycles. The normalized spacial score (nSPS) is 10.6. The number of hydrogen-bond donors (Lipinski definition) is 0. The molecule has 0 aliphatic heterocycles. The van der Waals surface area contributed by atoms with Crippen molar-refractivity contribution in [3.05, 3.63) is 23.8 Å². The lowest BCUT2D eigenvalue weighted by atomic mass is 10.4. The van der Waals surface area contributed by atoms with Gasteiger partial charge >= 0.3 is 0 Å². The lowest BCUT2D eigenvalue weighted by molar-refractivity contribution is 0.611. The summed E-state index contributed by atoms with van der Waals surface area (Å²) in [4.78, 5) is 0. The molecule has 0 atom stereocenters. The van der Waals surface area contributed by atoms with Gasteiger partial charge in [0.1, 0.15) is 5.82 Å². The van der Waals surface area contributed by atoms with Gasteiger partial charge in [-0.25, -0.2) is 4.68 Å². The van der Waals surface area contributed by atoms with Crippen molar-refractivity contribution in [2.24, 2.45) is 7.05 Å². The van der Waals surface area contributed by atoms with E-state index in [9.17, 15) is 0 Å². The Hall–Kier alpha value is -1.72. The highest BCUT2D eigenvalue weighted by molar-refractivity contribution is 4.99. The summed E-state index contributed by atoms with van der Waals surface area (Å²) >= 11 is 0. The average molecular weight is 178 g/mol. The molecule has 0 radical (unpaired) electrons. The monoisotopic (exact) mass is 178 g/mol. The molecule has 0 aromatic carbocycles. The first kappa shape index (κ1) is 7.90. The average Bonchev–Trinajstić information content (AvgIpc) is 2.64. The molecular formula is C7H10N6. The van der Waals surface area contributed by atoms with Crippen molar-refractivity contribution >= 4 is 0 Å². The second kappa shape index (κ2) is 2.96. The van der Waals surface area contributed by atoms with Gasteiger partial charge in [0, 0.05) is 13.2 Å². The van der Waals surface area contributed by atoms with Gasteiger partial charge < -0.3 is 0 Å². The lowest BCUT2D eigenvalue weighted by Crippen LogP contribution is -2.05. The SMILES string of the molecule is Cc1nnnn1Cc1ccn(C)n1. The summed E-state index contributed by atoms with van der Waals surface area (Å²) < 4.78 is 3.47. The molecule has 0 amide bonds. The van der Waals surface area contributed by atoms with Crippen LogP contribution in [0.15, 0.2) is 12.3 Å². The van der Waals surface area contributed by atoms with Crippen molar-refractivity contribution < 1.29 is 0 Å². The molecule has 2 heterocycles. The van der Waals surface area contributed by atoms with Crippen LogP contribution in [0.5, 0.6) is 0 Å². The summed E-state index contributed by atoms with van der Waals surface area (Å²) in [7, 11) is 1.88. The Morgan fingerprint density at radius 1 is 1.46 bits per heavy atom. The van der Waals surface area contributed by atoms with Crippen molar-refractivity contribution in [3.63, 3.8) is 0 Å². The van der Waals surface area contributed by atoms with E-state index in [2.05, 4.69) is 20.6 Å². The largest absolute Gasteiger partial charge is 0.275 e. The quantitative estimate of drug-likeness (QED) is 0.637. The third-order valence-corrected chi connectivity index (χ3v) is 1.79. The highest BCUT2D eigenvalue weighted by atomic mass is 15.5. The third-order valence-electron chi connectivity index (χ3n) is 1.79. The molecule has 0 spiro atoms. The smallest absolute Gasteiger partial charge is 0.148 e. The molecule has 2 aromatic heterocycles. The van der Waals surface area contributed by atoms with Crippen LogP contribution in [0.3, 0.4) is 0 Å². The molecule has 0 unspecified atom stereocenters. The Labute approximate surface area is 75.2 Å². The molecule has 2 rings (SSSR count). The summed E-state index contributed by atoms with van der Waals surface area (Å²) in [6.07, 6.45) is 1.90. The zero-order valence-corrected chi connectivity index (χ0v) is 7.55. The number of rotatable bonds is 2. The van der Waals surface area contributed by atoms with E-state index in [1.54, 1.807) is 9.36 Å². The van der Waals surface area contributed by atoms with Crippen LogP contribution in [0.25, 0.3) is 0 Å². The van der Waals surface area contributed by atoms with Gasteiger partial charge in [0.15, 0.2) is 0 Å². The fraction of sp³-hybridized carbons (Fsp3) is 0.429. The van der Waals surface area contributed by atoms with Gasteiger partial charge in [-0.1, -0.05) is 0 Å². The van der Waals surface area contributed by atoms with Crippen molar-refractivity contribution in [1.29, 1.82) is 0 Å². The van der Waals surface area contributed by atoms with Crippen molar-refractivity contribution in [2.75, 3.05) is 0 Å². The zero-order chi connectivity index (χ0) is 9.26. The molecule has 0 fully saturated rings. The molecule has 2 aromatic rings. The number of tetrazole rings is 1. The Morgan fingerprint density at radius 3 is 2.85 bits per heavy atom. The molecule has 0 bridgehead atoms. The number of aromatic nitrogens is 6. The first-order valence-electron chi connectivity index (χ1n) is 3.97. The minimum atomic E-state index is 0.625. The first-order valence-corrected chi connectivity index (χ1v) is 3.97. The minimum absolute atomic E-state index is 0.625. The number of nitrogens with zero attached hydrogens (tertiary/aromatic N) is 6. The zero-order valence-electron chi connectivity index (χ0n) is 7.55. The minimum Gasteiger partial charge on any atom is -0.275 e. The summed E-state index contributed by atoms with van der Waals surface area (Å²) in [6, 6.07) is 1.95. The van der Waals surface area contributed by atoms with Gasteiger partial charge in [-0.05, 0) is 23.4 Å². The van der Waals surface area contributed by atoms with Gasteiger partial charge in [-0.15, -0.1) is 5.10 Å². The van der Waals surface area contributed by atoms with Gasteiger partial charge in [0.05, 0.1) is 12.2 Å². The Kier molecular flexibility index (Phi) is 1.80. The van der Waals surface area contributed by atoms with Crippen LogP contribution < -0.4 is 0 Å². The van der Waals surface area contributed by atoms with Crippen molar-refractivity contribution in [2.45, 2.75) is 13.5 Å². The fourth-order valence-corrected chi connectivity index (χ4v) is 1.10. The van der Waals surface area contributed by atoms with E-state index in [0.717, 1.165) is 11.5 Å². The Bertz CT molecular complexity index is 401. The van der Waals surface area contributed by atoms with Crippen molar-refractivity contribution in [1.82, 2.24) is 30.0 Å². The molecule has 0 saturated carbocycles. The van der Waals surface area contributed by atoms with Crippen LogP contribution in [-0.2, 0) is 13.6 Å². The molecule has 0 N–H and O–H groups in total. The third kappa shape index (κ3) is 1.56. The Balaban J connectivity index is 2.19. The van der Waals surface area contributed by atoms with E-state index in [1.165, 1.54) is 0 Å². The number of aryl methyl sites for hydroxylation is 2. The lowest BCUT2D eigenvalue weighted by Gasteiger charge is -1.96. The van der Waals surface area contributed by atoms with Gasteiger partial charge in [-0.2, -0.15) is 5.10 Å². The topological polar surface area (TPSA) is 61.4 Å². The highest BCUT2D eigenvalue weighted by Gasteiger charge is 2.02. The Morgan fingerprint density at radius 2 is 2.31 bits per heavy atom. The van der Waals surface area contributed by atoms with Crippen LogP contribution in [0.1, 0.15) is 11.5 Å². The maximum Gasteiger partial charge on any atom is 0.148 e. The van der Waals surface area contributed by atoms with Crippen LogP contribution in [-0.4, -0.2) is 30.0 Å². The number of hydrogen-bond acceptors (Lipinski definition) is 4. The molecule has 6 heteroatoms. The van der Waals surface area contributed by atoms with E-state index in [-0.39, 0.29) is 0 Å². The summed E-state index contributed by atoms with van der Waals surface area (Å²) in [5.74, 6) is 0.797. The van der Waals surface area contributed by atoms with Crippen LogP contribution in [0.4, 0.5) is 0 Å².